The van der Waals surface area contributed by atoms with Crippen LogP contribution in [0.15, 0.2) is 24.3 Å². The predicted octanol–water partition coefficient (Wildman–Crippen LogP) is 3.09. The lowest BCUT2D eigenvalue weighted by molar-refractivity contribution is -0.0682. The maximum absolute atomic E-state index is 12.7. The van der Waals surface area contributed by atoms with Gasteiger partial charge < -0.3 is 9.47 Å². The van der Waals surface area contributed by atoms with Crippen molar-refractivity contribution in [1.29, 1.82) is 0 Å². The Kier molecular flexibility index (Phi) is 5.80. The molecule has 1 heterocycles. The standard InChI is InChI=1S/C16H24FNO2/c1-13-11-18(12-14(2)20-13)9-3-4-10-19-16-7-5-15(17)6-8-16/h5-8,13-14H,3-4,9-12H2,1-2H3/t13-,14-/m1/s1. The molecule has 0 saturated carbocycles. The quantitative estimate of drug-likeness (QED) is 0.748. The summed E-state index contributed by atoms with van der Waals surface area (Å²) >= 11 is 0. The minimum Gasteiger partial charge on any atom is -0.494 e. The Morgan fingerprint density at radius 1 is 1.15 bits per heavy atom. The van der Waals surface area contributed by atoms with Gasteiger partial charge in [-0.25, -0.2) is 4.39 Å². The normalized spacial score (nSPS) is 23.8. The molecule has 2 atom stereocenters. The van der Waals surface area contributed by atoms with Crippen LogP contribution < -0.4 is 4.74 Å². The van der Waals surface area contributed by atoms with Crippen molar-refractivity contribution in [3.05, 3.63) is 30.1 Å². The van der Waals surface area contributed by atoms with E-state index in [1.165, 1.54) is 12.1 Å². The SMILES string of the molecule is C[C@@H]1CN(CCCCOc2ccc(F)cc2)C[C@@H](C)O1. The van der Waals surface area contributed by atoms with Crippen LogP contribution >= 0.6 is 0 Å². The van der Waals surface area contributed by atoms with Crippen LogP contribution in [-0.2, 0) is 4.74 Å². The number of hydrogen-bond donors (Lipinski definition) is 0. The highest BCUT2D eigenvalue weighted by Crippen LogP contribution is 2.13. The minimum atomic E-state index is -0.229. The molecule has 1 aromatic carbocycles. The van der Waals surface area contributed by atoms with Gasteiger partial charge in [-0.05, 0) is 57.5 Å². The summed E-state index contributed by atoms with van der Waals surface area (Å²) in [6, 6.07) is 6.18. The Balaban J connectivity index is 1.58. The number of halogens is 1. The van der Waals surface area contributed by atoms with E-state index in [0.717, 1.165) is 38.2 Å². The van der Waals surface area contributed by atoms with Gasteiger partial charge in [-0.1, -0.05) is 0 Å². The molecule has 0 N–H and O–H groups in total. The monoisotopic (exact) mass is 281 g/mol. The average molecular weight is 281 g/mol. The molecular formula is C16H24FNO2. The average Bonchev–Trinajstić information content (AvgIpc) is 2.39. The molecular weight excluding hydrogens is 257 g/mol. The zero-order chi connectivity index (χ0) is 14.4. The van der Waals surface area contributed by atoms with Gasteiger partial charge in [-0.15, -0.1) is 0 Å². The number of nitrogens with zero attached hydrogens (tertiary/aromatic N) is 1. The lowest BCUT2D eigenvalue weighted by Crippen LogP contribution is -2.45. The van der Waals surface area contributed by atoms with E-state index < -0.39 is 0 Å². The zero-order valence-electron chi connectivity index (χ0n) is 12.3. The van der Waals surface area contributed by atoms with Gasteiger partial charge >= 0.3 is 0 Å². The molecule has 112 valence electrons. The Bertz CT molecular complexity index is 386. The highest BCUT2D eigenvalue weighted by molar-refractivity contribution is 5.21. The fourth-order valence-electron chi connectivity index (χ4n) is 2.63. The lowest BCUT2D eigenvalue weighted by Gasteiger charge is -2.35. The third-order valence-electron chi connectivity index (χ3n) is 3.45. The molecule has 20 heavy (non-hydrogen) atoms. The first-order chi connectivity index (χ1) is 9.63. The smallest absolute Gasteiger partial charge is 0.123 e. The van der Waals surface area contributed by atoms with Crippen molar-refractivity contribution in [2.45, 2.75) is 38.9 Å². The fourth-order valence-corrected chi connectivity index (χ4v) is 2.63. The van der Waals surface area contributed by atoms with E-state index >= 15 is 0 Å². The van der Waals surface area contributed by atoms with Crippen LogP contribution in [0.1, 0.15) is 26.7 Å². The number of morpholine rings is 1. The molecule has 0 amide bonds. The summed E-state index contributed by atoms with van der Waals surface area (Å²) in [6.07, 6.45) is 2.78. The van der Waals surface area contributed by atoms with Crippen molar-refractivity contribution in [1.82, 2.24) is 4.90 Å². The van der Waals surface area contributed by atoms with Gasteiger partial charge in [0.25, 0.3) is 0 Å². The van der Waals surface area contributed by atoms with E-state index in [9.17, 15) is 4.39 Å². The first kappa shape index (κ1) is 15.3. The van der Waals surface area contributed by atoms with Crippen LogP contribution in [0.2, 0.25) is 0 Å². The van der Waals surface area contributed by atoms with Crippen molar-refractivity contribution < 1.29 is 13.9 Å². The van der Waals surface area contributed by atoms with Gasteiger partial charge in [0.1, 0.15) is 11.6 Å². The number of unbranched alkanes of at least 4 members (excludes halogenated alkanes) is 1. The molecule has 0 aromatic heterocycles. The van der Waals surface area contributed by atoms with E-state index in [-0.39, 0.29) is 5.82 Å². The van der Waals surface area contributed by atoms with Crippen LogP contribution in [0.25, 0.3) is 0 Å². The van der Waals surface area contributed by atoms with Crippen molar-refractivity contribution >= 4 is 0 Å². The van der Waals surface area contributed by atoms with Crippen LogP contribution in [-0.4, -0.2) is 43.3 Å². The van der Waals surface area contributed by atoms with Crippen LogP contribution in [0.3, 0.4) is 0 Å². The molecule has 1 saturated heterocycles. The summed E-state index contributed by atoms with van der Waals surface area (Å²) in [7, 11) is 0. The molecule has 0 bridgehead atoms. The van der Waals surface area contributed by atoms with E-state index in [4.69, 9.17) is 9.47 Å². The first-order valence-corrected chi connectivity index (χ1v) is 7.39. The summed E-state index contributed by atoms with van der Waals surface area (Å²) in [4.78, 5) is 2.46. The number of benzene rings is 1. The molecule has 0 radical (unpaired) electrons. The summed E-state index contributed by atoms with van der Waals surface area (Å²) in [5.74, 6) is 0.507. The van der Waals surface area contributed by atoms with Gasteiger partial charge in [0.05, 0.1) is 18.8 Å². The molecule has 1 fully saturated rings. The molecule has 0 spiro atoms. The molecule has 2 rings (SSSR count). The fraction of sp³-hybridized carbons (Fsp3) is 0.625. The minimum absolute atomic E-state index is 0.229. The third kappa shape index (κ3) is 5.10. The van der Waals surface area contributed by atoms with Gasteiger partial charge in [0.2, 0.25) is 0 Å². The maximum Gasteiger partial charge on any atom is 0.123 e. The van der Waals surface area contributed by atoms with Crippen molar-refractivity contribution in [2.75, 3.05) is 26.2 Å². The second kappa shape index (κ2) is 7.60. The molecule has 1 aliphatic heterocycles. The Labute approximate surface area is 120 Å². The number of ether oxygens (including phenoxy) is 2. The van der Waals surface area contributed by atoms with Gasteiger partial charge in [-0.2, -0.15) is 0 Å². The van der Waals surface area contributed by atoms with E-state index in [0.29, 0.717) is 18.8 Å². The van der Waals surface area contributed by atoms with Crippen LogP contribution in [0.4, 0.5) is 4.39 Å². The van der Waals surface area contributed by atoms with Crippen molar-refractivity contribution in [3.8, 4) is 5.75 Å². The molecule has 1 aromatic rings. The number of hydrogen-bond acceptors (Lipinski definition) is 3. The highest BCUT2D eigenvalue weighted by atomic mass is 19.1. The maximum atomic E-state index is 12.7. The summed E-state index contributed by atoms with van der Waals surface area (Å²) in [5.41, 5.74) is 0. The molecule has 0 aliphatic carbocycles. The second-order valence-corrected chi connectivity index (χ2v) is 5.53. The van der Waals surface area contributed by atoms with E-state index in [1.54, 1.807) is 12.1 Å². The third-order valence-corrected chi connectivity index (χ3v) is 3.45. The largest absolute Gasteiger partial charge is 0.494 e. The van der Waals surface area contributed by atoms with Gasteiger partial charge in [-0.3, -0.25) is 4.90 Å². The summed E-state index contributed by atoms with van der Waals surface area (Å²) in [5, 5.41) is 0. The van der Waals surface area contributed by atoms with Crippen molar-refractivity contribution in [2.24, 2.45) is 0 Å². The van der Waals surface area contributed by atoms with E-state index in [1.807, 2.05) is 0 Å². The Hall–Kier alpha value is -1.13. The van der Waals surface area contributed by atoms with E-state index in [2.05, 4.69) is 18.7 Å². The molecule has 4 heteroatoms. The summed E-state index contributed by atoms with van der Waals surface area (Å²) in [6.45, 7) is 8.05. The second-order valence-electron chi connectivity index (χ2n) is 5.53. The highest BCUT2D eigenvalue weighted by Gasteiger charge is 2.21. The first-order valence-electron chi connectivity index (χ1n) is 7.39. The lowest BCUT2D eigenvalue weighted by atomic mass is 10.2. The zero-order valence-corrected chi connectivity index (χ0v) is 12.3. The summed E-state index contributed by atoms with van der Waals surface area (Å²) < 4.78 is 24.0. The number of rotatable bonds is 6. The van der Waals surface area contributed by atoms with Crippen LogP contribution in [0, 0.1) is 5.82 Å². The predicted molar refractivity (Wildman–Crippen MR) is 77.6 cm³/mol. The van der Waals surface area contributed by atoms with Gasteiger partial charge in [0.15, 0.2) is 0 Å². The van der Waals surface area contributed by atoms with Crippen LogP contribution in [0.5, 0.6) is 5.75 Å². The molecule has 3 nitrogen and oxygen atoms in total. The molecule has 1 aliphatic rings. The topological polar surface area (TPSA) is 21.7 Å². The molecule has 0 unspecified atom stereocenters. The van der Waals surface area contributed by atoms with Gasteiger partial charge in [0, 0.05) is 13.1 Å². The van der Waals surface area contributed by atoms with Crippen molar-refractivity contribution in [3.63, 3.8) is 0 Å². The Morgan fingerprint density at radius 3 is 2.45 bits per heavy atom. The Morgan fingerprint density at radius 2 is 1.80 bits per heavy atom.